The Morgan fingerprint density at radius 3 is 2.38 bits per heavy atom. The standard InChI is InChI=1S/C16H30/c1-11(2)9-12(3)7-6-8-16(5)14-10-13(4)15(14)16/h11-15H,6-10H2,1-5H3. The van der Waals surface area contributed by atoms with Crippen LogP contribution in [0.5, 0.6) is 0 Å². The SMILES string of the molecule is CC(C)CC(C)CCCC1(C)C2CC(C)C21. The van der Waals surface area contributed by atoms with Gasteiger partial charge in [0.15, 0.2) is 0 Å². The highest BCUT2D eigenvalue weighted by molar-refractivity contribution is 5.16. The number of hydrogen-bond acceptors (Lipinski definition) is 0. The lowest BCUT2D eigenvalue weighted by atomic mass is 9.87. The van der Waals surface area contributed by atoms with E-state index in [-0.39, 0.29) is 0 Å². The smallest absolute Gasteiger partial charge is 0.0261 e. The van der Waals surface area contributed by atoms with Gasteiger partial charge in [0.1, 0.15) is 0 Å². The van der Waals surface area contributed by atoms with Crippen LogP contribution < -0.4 is 0 Å². The van der Waals surface area contributed by atoms with Crippen molar-refractivity contribution < 1.29 is 0 Å². The first kappa shape index (κ1) is 12.5. The molecule has 0 radical (unpaired) electrons. The summed E-state index contributed by atoms with van der Waals surface area (Å²) in [6, 6.07) is 0. The van der Waals surface area contributed by atoms with Crippen molar-refractivity contribution in [2.24, 2.45) is 35.0 Å². The second kappa shape index (κ2) is 4.35. The van der Waals surface area contributed by atoms with Crippen molar-refractivity contribution in [2.45, 2.75) is 66.7 Å². The molecule has 0 aliphatic heterocycles. The van der Waals surface area contributed by atoms with Crippen LogP contribution in [-0.4, -0.2) is 0 Å². The molecule has 2 rings (SSSR count). The van der Waals surface area contributed by atoms with Gasteiger partial charge in [0.2, 0.25) is 0 Å². The van der Waals surface area contributed by atoms with E-state index < -0.39 is 0 Å². The minimum absolute atomic E-state index is 0.775. The summed E-state index contributed by atoms with van der Waals surface area (Å²) in [5.74, 6) is 5.11. The van der Waals surface area contributed by atoms with Gasteiger partial charge in [-0.3, -0.25) is 0 Å². The Hall–Kier alpha value is 0. The van der Waals surface area contributed by atoms with Gasteiger partial charge in [0.25, 0.3) is 0 Å². The lowest BCUT2D eigenvalue weighted by Crippen LogP contribution is -2.10. The lowest BCUT2D eigenvalue weighted by molar-refractivity contribution is 0.313. The van der Waals surface area contributed by atoms with Gasteiger partial charge >= 0.3 is 0 Å². The monoisotopic (exact) mass is 222 g/mol. The van der Waals surface area contributed by atoms with Gasteiger partial charge in [0.05, 0.1) is 0 Å². The molecule has 16 heavy (non-hydrogen) atoms. The topological polar surface area (TPSA) is 0 Å². The molecule has 0 aromatic heterocycles. The van der Waals surface area contributed by atoms with Crippen LogP contribution in [-0.2, 0) is 0 Å². The molecule has 0 aromatic carbocycles. The zero-order valence-electron chi connectivity index (χ0n) is 11.9. The van der Waals surface area contributed by atoms with Crippen LogP contribution >= 0.6 is 0 Å². The van der Waals surface area contributed by atoms with Crippen LogP contribution in [0.15, 0.2) is 0 Å². The van der Waals surface area contributed by atoms with Crippen LogP contribution in [0.3, 0.4) is 0 Å². The fourth-order valence-corrected chi connectivity index (χ4v) is 4.62. The van der Waals surface area contributed by atoms with Crippen molar-refractivity contribution in [1.29, 1.82) is 0 Å². The van der Waals surface area contributed by atoms with E-state index in [1.54, 1.807) is 0 Å². The number of rotatable bonds is 6. The van der Waals surface area contributed by atoms with Gasteiger partial charge in [-0.1, -0.05) is 47.5 Å². The molecule has 0 saturated heterocycles. The zero-order chi connectivity index (χ0) is 11.9. The van der Waals surface area contributed by atoms with Gasteiger partial charge < -0.3 is 0 Å². The van der Waals surface area contributed by atoms with E-state index in [9.17, 15) is 0 Å². The molecule has 0 nitrogen and oxygen atoms in total. The summed E-state index contributed by atoms with van der Waals surface area (Å²) in [6.07, 6.45) is 7.39. The molecular weight excluding hydrogens is 192 g/mol. The highest BCUT2D eigenvalue weighted by Crippen LogP contribution is 2.75. The first-order valence-corrected chi connectivity index (χ1v) is 7.45. The van der Waals surface area contributed by atoms with Crippen molar-refractivity contribution in [3.8, 4) is 0 Å². The molecule has 0 heteroatoms. The average molecular weight is 222 g/mol. The molecule has 5 unspecified atom stereocenters. The Balaban J connectivity index is 1.62. The highest BCUT2D eigenvalue weighted by Gasteiger charge is 2.68. The quantitative estimate of drug-likeness (QED) is 0.584. The first-order valence-electron chi connectivity index (χ1n) is 7.45. The third kappa shape index (κ3) is 2.17. The summed E-state index contributed by atoms with van der Waals surface area (Å²) < 4.78 is 0. The Bertz CT molecular complexity index is 242. The minimum atomic E-state index is 0.775. The van der Waals surface area contributed by atoms with Crippen molar-refractivity contribution in [3.63, 3.8) is 0 Å². The van der Waals surface area contributed by atoms with E-state index in [2.05, 4.69) is 34.6 Å². The van der Waals surface area contributed by atoms with E-state index in [1.807, 2.05) is 0 Å². The number of fused-ring (bicyclic) bond motifs is 1. The van der Waals surface area contributed by atoms with Crippen molar-refractivity contribution in [1.82, 2.24) is 0 Å². The van der Waals surface area contributed by atoms with E-state index in [1.165, 1.54) is 32.1 Å². The lowest BCUT2D eigenvalue weighted by Gasteiger charge is -2.18. The Morgan fingerprint density at radius 1 is 1.25 bits per heavy atom. The van der Waals surface area contributed by atoms with E-state index in [0.717, 1.165) is 35.0 Å². The molecule has 2 saturated carbocycles. The summed E-state index contributed by atoms with van der Waals surface area (Å²) in [6.45, 7) is 12.1. The van der Waals surface area contributed by atoms with Crippen molar-refractivity contribution in [2.75, 3.05) is 0 Å². The highest BCUT2D eigenvalue weighted by atomic mass is 14.7. The molecule has 0 N–H and O–H groups in total. The third-order valence-electron chi connectivity index (χ3n) is 5.46. The second-order valence-electron chi connectivity index (χ2n) is 7.48. The van der Waals surface area contributed by atoms with Gasteiger partial charge in [-0.15, -0.1) is 0 Å². The van der Waals surface area contributed by atoms with Gasteiger partial charge in [-0.25, -0.2) is 0 Å². The minimum Gasteiger partial charge on any atom is -0.0628 e. The molecule has 0 bridgehead atoms. The summed E-state index contributed by atoms with van der Waals surface area (Å²) >= 11 is 0. The predicted molar refractivity (Wildman–Crippen MR) is 71.3 cm³/mol. The normalized spacial score (nSPS) is 42.8. The predicted octanol–water partition coefficient (Wildman–Crippen LogP) is 5.13. The maximum atomic E-state index is 2.55. The van der Waals surface area contributed by atoms with Crippen LogP contribution in [0.25, 0.3) is 0 Å². The molecule has 2 aliphatic rings. The summed E-state index contributed by atoms with van der Waals surface area (Å²) in [7, 11) is 0. The Labute approximate surface area is 102 Å². The van der Waals surface area contributed by atoms with E-state index in [4.69, 9.17) is 0 Å². The second-order valence-corrected chi connectivity index (χ2v) is 7.48. The molecule has 0 aromatic rings. The number of hydrogen-bond donors (Lipinski definition) is 0. The molecule has 0 amide bonds. The summed E-state index contributed by atoms with van der Waals surface area (Å²) in [4.78, 5) is 0. The van der Waals surface area contributed by atoms with E-state index >= 15 is 0 Å². The average Bonchev–Trinajstić information content (AvgIpc) is 2.60. The fourth-order valence-electron chi connectivity index (χ4n) is 4.62. The molecule has 0 spiro atoms. The molecule has 0 heterocycles. The van der Waals surface area contributed by atoms with Crippen molar-refractivity contribution in [3.05, 3.63) is 0 Å². The zero-order valence-corrected chi connectivity index (χ0v) is 11.9. The van der Waals surface area contributed by atoms with E-state index in [0.29, 0.717) is 0 Å². The van der Waals surface area contributed by atoms with Gasteiger partial charge in [0, 0.05) is 0 Å². The van der Waals surface area contributed by atoms with Gasteiger partial charge in [-0.05, 0) is 54.3 Å². The van der Waals surface area contributed by atoms with Crippen LogP contribution in [0.4, 0.5) is 0 Å². The largest absolute Gasteiger partial charge is 0.0628 e. The van der Waals surface area contributed by atoms with Crippen LogP contribution in [0, 0.1) is 35.0 Å². The molecular formula is C16H30. The third-order valence-corrected chi connectivity index (χ3v) is 5.46. The summed E-state index contributed by atoms with van der Waals surface area (Å²) in [5, 5.41) is 0. The van der Waals surface area contributed by atoms with Crippen LogP contribution in [0.1, 0.15) is 66.7 Å². The Kier molecular flexibility index (Phi) is 3.39. The maximum Gasteiger partial charge on any atom is -0.0261 e. The summed E-state index contributed by atoms with van der Waals surface area (Å²) in [5.41, 5.74) is 0.775. The maximum absolute atomic E-state index is 2.55. The first-order chi connectivity index (χ1) is 7.45. The molecule has 94 valence electrons. The molecule has 2 aliphatic carbocycles. The van der Waals surface area contributed by atoms with Crippen LogP contribution in [0.2, 0.25) is 0 Å². The Morgan fingerprint density at radius 2 is 1.94 bits per heavy atom. The van der Waals surface area contributed by atoms with Gasteiger partial charge in [-0.2, -0.15) is 0 Å². The van der Waals surface area contributed by atoms with Crippen molar-refractivity contribution >= 4 is 0 Å². The fraction of sp³-hybridized carbons (Fsp3) is 1.00. The molecule has 5 atom stereocenters. The molecule has 2 fully saturated rings.